The highest BCUT2D eigenvalue weighted by molar-refractivity contribution is 5.82. The van der Waals surface area contributed by atoms with E-state index in [1.165, 1.54) is 0 Å². The molecule has 0 aliphatic carbocycles. The standard InChI is InChI=1S/C14H21N3O2/c1-10-5-7-11(8-6-10)13(16)14(19)17-9-3-2-4-12(15)18/h5-8,13H,2-4,9,16H2,1H3,(H2,15,18)(H,17,19). The SMILES string of the molecule is Cc1ccc(C(N)C(=O)NCCCCC(N)=O)cc1. The first-order valence-electron chi connectivity index (χ1n) is 6.39. The highest BCUT2D eigenvalue weighted by Gasteiger charge is 2.14. The fraction of sp³-hybridized carbons (Fsp3) is 0.429. The third-order valence-electron chi connectivity index (χ3n) is 2.87. The van der Waals surface area contributed by atoms with Gasteiger partial charge < -0.3 is 16.8 Å². The summed E-state index contributed by atoms with van der Waals surface area (Å²) in [4.78, 5) is 22.3. The molecule has 0 saturated heterocycles. The fourth-order valence-electron chi connectivity index (χ4n) is 1.67. The van der Waals surface area contributed by atoms with Gasteiger partial charge in [-0.1, -0.05) is 29.8 Å². The Morgan fingerprint density at radius 2 is 1.84 bits per heavy atom. The van der Waals surface area contributed by atoms with E-state index in [2.05, 4.69) is 5.32 Å². The van der Waals surface area contributed by atoms with E-state index in [-0.39, 0.29) is 11.8 Å². The number of hydrogen-bond donors (Lipinski definition) is 3. The highest BCUT2D eigenvalue weighted by Crippen LogP contribution is 2.11. The molecule has 1 unspecified atom stereocenters. The molecule has 19 heavy (non-hydrogen) atoms. The number of rotatable bonds is 7. The third kappa shape index (κ3) is 5.52. The van der Waals surface area contributed by atoms with Crippen molar-refractivity contribution in [2.45, 2.75) is 32.2 Å². The van der Waals surface area contributed by atoms with E-state index in [0.717, 1.165) is 17.5 Å². The summed E-state index contributed by atoms with van der Waals surface area (Å²) in [6, 6.07) is 6.90. The molecule has 0 radical (unpaired) electrons. The van der Waals surface area contributed by atoms with Crippen LogP contribution in [0.25, 0.3) is 0 Å². The summed E-state index contributed by atoms with van der Waals surface area (Å²) < 4.78 is 0. The Bertz CT molecular complexity index is 429. The molecule has 0 aliphatic rings. The van der Waals surface area contributed by atoms with Crippen LogP contribution in [0.2, 0.25) is 0 Å². The molecule has 5 heteroatoms. The van der Waals surface area contributed by atoms with Crippen molar-refractivity contribution in [2.24, 2.45) is 11.5 Å². The molecule has 1 rings (SSSR count). The molecule has 1 aromatic carbocycles. The first-order chi connectivity index (χ1) is 9.00. The first-order valence-corrected chi connectivity index (χ1v) is 6.39. The Labute approximate surface area is 113 Å². The van der Waals surface area contributed by atoms with Crippen LogP contribution in [0.1, 0.15) is 36.4 Å². The number of nitrogens with one attached hydrogen (secondary N) is 1. The maximum Gasteiger partial charge on any atom is 0.241 e. The minimum Gasteiger partial charge on any atom is -0.370 e. The van der Waals surface area contributed by atoms with Crippen molar-refractivity contribution >= 4 is 11.8 Å². The molecule has 104 valence electrons. The van der Waals surface area contributed by atoms with E-state index in [1.54, 1.807) is 0 Å². The Kier molecular flexibility index (Phi) is 6.02. The van der Waals surface area contributed by atoms with E-state index in [4.69, 9.17) is 11.5 Å². The van der Waals surface area contributed by atoms with E-state index in [1.807, 2.05) is 31.2 Å². The molecule has 5 nitrogen and oxygen atoms in total. The maximum atomic E-state index is 11.8. The number of carbonyl (C=O) groups excluding carboxylic acids is 2. The van der Waals surface area contributed by atoms with Crippen molar-refractivity contribution < 1.29 is 9.59 Å². The topological polar surface area (TPSA) is 98.2 Å². The Morgan fingerprint density at radius 3 is 2.42 bits per heavy atom. The number of hydrogen-bond acceptors (Lipinski definition) is 3. The second kappa shape index (κ2) is 7.53. The van der Waals surface area contributed by atoms with Crippen molar-refractivity contribution in [3.63, 3.8) is 0 Å². The van der Waals surface area contributed by atoms with Crippen LogP contribution in [-0.2, 0) is 9.59 Å². The highest BCUT2D eigenvalue weighted by atomic mass is 16.2. The van der Waals surface area contributed by atoms with Crippen LogP contribution in [0.5, 0.6) is 0 Å². The number of carbonyl (C=O) groups is 2. The van der Waals surface area contributed by atoms with Gasteiger partial charge in [-0.05, 0) is 25.3 Å². The lowest BCUT2D eigenvalue weighted by Gasteiger charge is -2.12. The van der Waals surface area contributed by atoms with Crippen molar-refractivity contribution in [1.82, 2.24) is 5.32 Å². The van der Waals surface area contributed by atoms with Gasteiger partial charge in [0.05, 0.1) is 0 Å². The lowest BCUT2D eigenvalue weighted by atomic mass is 10.1. The van der Waals surface area contributed by atoms with Gasteiger partial charge in [-0.15, -0.1) is 0 Å². The zero-order valence-electron chi connectivity index (χ0n) is 11.2. The molecule has 0 heterocycles. The van der Waals surface area contributed by atoms with Crippen LogP contribution in [0.3, 0.4) is 0 Å². The quantitative estimate of drug-likeness (QED) is 0.633. The van der Waals surface area contributed by atoms with Crippen LogP contribution in [0, 0.1) is 6.92 Å². The third-order valence-corrected chi connectivity index (χ3v) is 2.87. The van der Waals surface area contributed by atoms with Crippen molar-refractivity contribution in [3.05, 3.63) is 35.4 Å². The van der Waals surface area contributed by atoms with Gasteiger partial charge in [0.25, 0.3) is 0 Å². The number of aryl methyl sites for hydroxylation is 1. The molecule has 1 aromatic rings. The Balaban J connectivity index is 2.32. The van der Waals surface area contributed by atoms with Crippen LogP contribution in [0.4, 0.5) is 0 Å². The molecule has 0 aromatic heterocycles. The summed E-state index contributed by atoms with van der Waals surface area (Å²) in [6.45, 7) is 2.49. The molecule has 0 bridgehead atoms. The molecular weight excluding hydrogens is 242 g/mol. The summed E-state index contributed by atoms with van der Waals surface area (Å²) in [6.07, 6.45) is 1.74. The molecule has 0 fully saturated rings. The Hall–Kier alpha value is -1.88. The number of amides is 2. The summed E-state index contributed by atoms with van der Waals surface area (Å²) in [7, 11) is 0. The molecule has 2 amide bonds. The monoisotopic (exact) mass is 263 g/mol. The number of nitrogens with two attached hydrogens (primary N) is 2. The lowest BCUT2D eigenvalue weighted by molar-refractivity contribution is -0.122. The number of primary amides is 1. The molecular formula is C14H21N3O2. The Morgan fingerprint density at radius 1 is 1.21 bits per heavy atom. The van der Waals surface area contributed by atoms with Crippen molar-refractivity contribution in [2.75, 3.05) is 6.54 Å². The zero-order chi connectivity index (χ0) is 14.3. The predicted octanol–water partition coefficient (Wildman–Crippen LogP) is 0.767. The van der Waals surface area contributed by atoms with E-state index >= 15 is 0 Å². The molecule has 1 atom stereocenters. The predicted molar refractivity (Wildman–Crippen MR) is 74.2 cm³/mol. The maximum absolute atomic E-state index is 11.8. The van der Waals surface area contributed by atoms with Crippen LogP contribution in [-0.4, -0.2) is 18.4 Å². The molecule has 0 spiro atoms. The second-order valence-corrected chi connectivity index (χ2v) is 4.60. The van der Waals surface area contributed by atoms with Crippen LogP contribution in [0.15, 0.2) is 24.3 Å². The summed E-state index contributed by atoms with van der Waals surface area (Å²) in [5.74, 6) is -0.523. The van der Waals surface area contributed by atoms with Gasteiger partial charge in [0.1, 0.15) is 6.04 Å². The fourth-order valence-corrected chi connectivity index (χ4v) is 1.67. The van der Waals surface area contributed by atoms with Gasteiger partial charge in [-0.3, -0.25) is 9.59 Å². The summed E-state index contributed by atoms with van der Waals surface area (Å²) >= 11 is 0. The normalized spacial score (nSPS) is 11.9. The van der Waals surface area contributed by atoms with Crippen LogP contribution >= 0.6 is 0 Å². The van der Waals surface area contributed by atoms with Crippen LogP contribution < -0.4 is 16.8 Å². The summed E-state index contributed by atoms with van der Waals surface area (Å²) in [5.41, 5.74) is 12.8. The zero-order valence-corrected chi connectivity index (χ0v) is 11.2. The van der Waals surface area contributed by atoms with Crippen molar-refractivity contribution in [1.29, 1.82) is 0 Å². The van der Waals surface area contributed by atoms with E-state index in [9.17, 15) is 9.59 Å². The van der Waals surface area contributed by atoms with Gasteiger partial charge >= 0.3 is 0 Å². The molecule has 0 saturated carbocycles. The van der Waals surface area contributed by atoms with Crippen molar-refractivity contribution in [3.8, 4) is 0 Å². The average Bonchev–Trinajstić information content (AvgIpc) is 2.37. The molecule has 0 aliphatic heterocycles. The molecule has 5 N–H and O–H groups in total. The van der Waals surface area contributed by atoms with Gasteiger partial charge in [0.2, 0.25) is 11.8 Å². The lowest BCUT2D eigenvalue weighted by Crippen LogP contribution is -2.34. The van der Waals surface area contributed by atoms with Gasteiger partial charge in [-0.25, -0.2) is 0 Å². The van der Waals surface area contributed by atoms with Gasteiger partial charge in [-0.2, -0.15) is 0 Å². The van der Waals surface area contributed by atoms with E-state index < -0.39 is 6.04 Å². The average molecular weight is 263 g/mol. The smallest absolute Gasteiger partial charge is 0.241 e. The number of unbranched alkanes of at least 4 members (excludes halogenated alkanes) is 1. The largest absolute Gasteiger partial charge is 0.370 e. The number of benzene rings is 1. The van der Waals surface area contributed by atoms with Gasteiger partial charge in [0.15, 0.2) is 0 Å². The minimum atomic E-state index is -0.656. The first kappa shape index (κ1) is 15.2. The van der Waals surface area contributed by atoms with E-state index in [0.29, 0.717) is 19.4 Å². The second-order valence-electron chi connectivity index (χ2n) is 4.60. The summed E-state index contributed by atoms with van der Waals surface area (Å²) in [5, 5.41) is 2.75. The van der Waals surface area contributed by atoms with Gasteiger partial charge in [0, 0.05) is 13.0 Å². The minimum absolute atomic E-state index is 0.206.